The Balaban J connectivity index is 3.38. The monoisotopic (exact) mass is 235 g/mol. The Morgan fingerprint density at radius 1 is 1.31 bits per heavy atom. The highest BCUT2D eigenvalue weighted by Gasteiger charge is 2.05. The lowest BCUT2D eigenvalue weighted by Gasteiger charge is -2.15. The first-order valence-electron chi connectivity index (χ1n) is 3.60. The summed E-state index contributed by atoms with van der Waals surface area (Å²) in [6.45, 7) is 0. The topological polar surface area (TPSA) is 12.0 Å². The maximum absolute atomic E-state index is 6.00. The van der Waals surface area contributed by atoms with Gasteiger partial charge in [-0.2, -0.15) is 0 Å². The number of nitrogens with one attached hydrogen (secondary N) is 1. The lowest BCUT2D eigenvalue weighted by atomic mass is 10.4. The van der Waals surface area contributed by atoms with E-state index in [0.717, 1.165) is 4.90 Å². The number of rotatable bonds is 2. The van der Waals surface area contributed by atoms with Gasteiger partial charge in [0.2, 0.25) is 0 Å². The van der Waals surface area contributed by atoms with E-state index in [1.165, 1.54) is 0 Å². The van der Waals surface area contributed by atoms with Crippen LogP contribution in [0.1, 0.15) is 0 Å². The van der Waals surface area contributed by atoms with Gasteiger partial charge < -0.3 is 0 Å². The molecule has 1 nitrogen and oxygen atoms in total. The first kappa shape index (κ1) is 10.9. The quantitative estimate of drug-likeness (QED) is 0.778. The fraction of sp³-hybridized carbons (Fsp3) is 0.111. The van der Waals surface area contributed by atoms with Gasteiger partial charge in [0.05, 0.1) is 5.02 Å². The van der Waals surface area contributed by atoms with Crippen molar-refractivity contribution in [2.24, 2.45) is 0 Å². The van der Waals surface area contributed by atoms with E-state index >= 15 is 0 Å². The molecule has 13 heavy (non-hydrogen) atoms. The highest BCUT2D eigenvalue weighted by Crippen LogP contribution is 2.35. The molecule has 0 bridgehead atoms. The second-order valence-corrected chi connectivity index (χ2v) is 6.12. The van der Waals surface area contributed by atoms with Crippen LogP contribution in [0.25, 0.3) is 0 Å². The van der Waals surface area contributed by atoms with Gasteiger partial charge in [-0.15, -0.1) is 9.39 Å². The van der Waals surface area contributed by atoms with Gasteiger partial charge in [-0.1, -0.05) is 34.9 Å². The molecule has 0 fully saturated rings. The number of hydrogen-bond donors (Lipinski definition) is 1. The molecule has 0 aliphatic rings. The van der Waals surface area contributed by atoms with E-state index in [4.69, 9.17) is 23.2 Å². The van der Waals surface area contributed by atoms with E-state index < -0.39 is 9.39 Å². The molecule has 1 aromatic carbocycles. The summed E-state index contributed by atoms with van der Waals surface area (Å²) in [6, 6.07) is 5.31. The van der Waals surface area contributed by atoms with Gasteiger partial charge in [-0.25, -0.2) is 0 Å². The van der Waals surface area contributed by atoms with Crippen LogP contribution >= 0.6 is 32.6 Å². The highest BCUT2D eigenvalue weighted by molar-refractivity contribution is 8.26. The fourth-order valence-electron chi connectivity index (χ4n) is 0.887. The zero-order valence-electron chi connectivity index (χ0n) is 7.31. The third-order valence-corrected chi connectivity index (χ3v) is 4.34. The van der Waals surface area contributed by atoms with Crippen LogP contribution in [0.5, 0.6) is 0 Å². The van der Waals surface area contributed by atoms with Crippen molar-refractivity contribution < 1.29 is 0 Å². The predicted molar refractivity (Wildman–Crippen MR) is 65.6 cm³/mol. The average molecular weight is 236 g/mol. The van der Waals surface area contributed by atoms with Gasteiger partial charge >= 0.3 is 0 Å². The summed E-state index contributed by atoms with van der Waals surface area (Å²) in [5.74, 6) is 7.96. The Bertz CT molecular complexity index is 410. The minimum Gasteiger partial charge on any atom is -0.275 e. The Labute approximate surface area is 89.3 Å². The van der Waals surface area contributed by atoms with E-state index in [1.807, 2.05) is 7.05 Å². The molecule has 0 saturated heterocycles. The van der Waals surface area contributed by atoms with Gasteiger partial charge in [0.25, 0.3) is 0 Å². The smallest absolute Gasteiger partial charge is 0.0545 e. The van der Waals surface area contributed by atoms with Crippen LogP contribution in [0, 0.1) is 0 Å². The minimum atomic E-state index is -1.52. The second-order valence-electron chi connectivity index (χ2n) is 2.66. The van der Waals surface area contributed by atoms with Crippen molar-refractivity contribution in [3.63, 3.8) is 0 Å². The molecule has 72 valence electrons. The molecule has 0 aromatic heterocycles. The summed E-state index contributed by atoms with van der Waals surface area (Å²) in [4.78, 5) is 0.879. The Hall–Kier alpha value is -0.150. The average Bonchev–Trinajstić information content (AvgIpc) is 2.09. The van der Waals surface area contributed by atoms with Crippen LogP contribution < -0.4 is 4.72 Å². The minimum absolute atomic E-state index is 0.652. The fourth-order valence-corrected chi connectivity index (χ4v) is 2.70. The molecule has 1 aromatic rings. The van der Waals surface area contributed by atoms with E-state index in [0.29, 0.717) is 10.0 Å². The first-order valence-corrected chi connectivity index (χ1v) is 6.33. The molecule has 0 heterocycles. The van der Waals surface area contributed by atoms with Crippen LogP contribution in [0.15, 0.2) is 23.1 Å². The molecule has 1 N–H and O–H groups in total. The van der Waals surface area contributed by atoms with E-state index in [1.54, 1.807) is 18.2 Å². The molecule has 1 rings (SSSR count). The highest BCUT2D eigenvalue weighted by atomic mass is 35.5. The zero-order valence-corrected chi connectivity index (χ0v) is 9.64. The summed E-state index contributed by atoms with van der Waals surface area (Å²) in [5.41, 5.74) is 0. The molecular weight excluding hydrogens is 225 g/mol. The number of hydrogen-bond acceptors (Lipinski definition) is 1. The summed E-state index contributed by atoms with van der Waals surface area (Å²) in [5, 5.41) is 1.30. The molecule has 0 atom stereocenters. The SMILES string of the molecule is C=S(=C)(NC)c1cc(Cl)ccc1Cl. The van der Waals surface area contributed by atoms with Crippen molar-refractivity contribution in [1.29, 1.82) is 0 Å². The van der Waals surface area contributed by atoms with Crippen LogP contribution in [0.3, 0.4) is 0 Å². The first-order chi connectivity index (χ1) is 5.97. The molecule has 0 saturated carbocycles. The van der Waals surface area contributed by atoms with Crippen LogP contribution in [0.4, 0.5) is 0 Å². The normalized spacial score (nSPS) is 11.6. The van der Waals surface area contributed by atoms with E-state index in [-0.39, 0.29) is 0 Å². The number of benzene rings is 1. The van der Waals surface area contributed by atoms with Crippen molar-refractivity contribution in [1.82, 2.24) is 4.72 Å². The standard InChI is InChI=1S/C9H11Cl2NS/c1-12-13(2,3)9-6-7(10)4-5-8(9)11/h4-6,12H,2-3H2,1H3. The molecule has 0 unspecified atom stereocenters. The van der Waals surface area contributed by atoms with E-state index in [9.17, 15) is 0 Å². The molecule has 0 aliphatic heterocycles. The van der Waals surface area contributed by atoms with Gasteiger partial charge in [0, 0.05) is 9.92 Å². The van der Waals surface area contributed by atoms with Gasteiger partial charge in [-0.3, -0.25) is 4.72 Å². The molecule has 0 spiro atoms. The van der Waals surface area contributed by atoms with Crippen LogP contribution in [-0.2, 0) is 0 Å². The molecule has 0 aliphatic carbocycles. The van der Waals surface area contributed by atoms with Gasteiger partial charge in [-0.05, 0) is 25.2 Å². The summed E-state index contributed by atoms with van der Waals surface area (Å²) in [6.07, 6.45) is 0. The lowest BCUT2D eigenvalue weighted by Crippen LogP contribution is -2.01. The second kappa shape index (κ2) is 3.93. The van der Waals surface area contributed by atoms with Crippen molar-refractivity contribution in [3.05, 3.63) is 28.2 Å². The number of halogens is 2. The summed E-state index contributed by atoms with van der Waals surface area (Å²) >= 11 is 11.9. The van der Waals surface area contributed by atoms with Crippen LogP contribution in [-0.4, -0.2) is 18.8 Å². The molecule has 0 amide bonds. The van der Waals surface area contributed by atoms with Crippen molar-refractivity contribution in [2.75, 3.05) is 7.05 Å². The third-order valence-electron chi connectivity index (χ3n) is 1.70. The van der Waals surface area contributed by atoms with E-state index in [2.05, 4.69) is 16.5 Å². The predicted octanol–water partition coefficient (Wildman–Crippen LogP) is 3.16. The van der Waals surface area contributed by atoms with Crippen molar-refractivity contribution in [2.45, 2.75) is 4.90 Å². The summed E-state index contributed by atoms with van der Waals surface area (Å²) in [7, 11) is 0.294. The van der Waals surface area contributed by atoms with Gasteiger partial charge in [0.1, 0.15) is 0 Å². The largest absolute Gasteiger partial charge is 0.275 e. The van der Waals surface area contributed by atoms with Crippen molar-refractivity contribution in [3.8, 4) is 0 Å². The summed E-state index contributed by atoms with van der Waals surface area (Å²) < 4.78 is 3.04. The van der Waals surface area contributed by atoms with Crippen LogP contribution in [0.2, 0.25) is 10.0 Å². The zero-order chi connectivity index (χ0) is 10.1. The third kappa shape index (κ3) is 2.41. The maximum atomic E-state index is 6.00. The van der Waals surface area contributed by atoms with Gasteiger partial charge in [0.15, 0.2) is 0 Å². The van der Waals surface area contributed by atoms with Crippen molar-refractivity contribution >= 4 is 44.3 Å². The lowest BCUT2D eigenvalue weighted by molar-refractivity contribution is 1.27. The molecular formula is C9H11Cl2NS. The molecule has 4 heteroatoms. The maximum Gasteiger partial charge on any atom is 0.0545 e. The Morgan fingerprint density at radius 2 is 1.92 bits per heavy atom. The molecule has 0 radical (unpaired) electrons. The Morgan fingerprint density at radius 3 is 2.46 bits per heavy atom. The Kier molecular flexibility index (Phi) is 3.30.